The monoisotopic (exact) mass is 315 g/mol. The Labute approximate surface area is 137 Å². The molecule has 1 aromatic carbocycles. The van der Waals surface area contributed by atoms with Crippen LogP contribution in [0.1, 0.15) is 23.3 Å². The Morgan fingerprint density at radius 1 is 1.35 bits per heavy atom. The summed E-state index contributed by atoms with van der Waals surface area (Å²) in [5.74, 6) is 1.49. The maximum absolute atomic E-state index is 9.93. The molecule has 23 heavy (non-hydrogen) atoms. The molecule has 0 unspecified atom stereocenters. The highest BCUT2D eigenvalue weighted by atomic mass is 16.5. The van der Waals surface area contributed by atoms with Gasteiger partial charge in [-0.2, -0.15) is 0 Å². The van der Waals surface area contributed by atoms with E-state index in [4.69, 9.17) is 9.15 Å². The molecule has 4 heteroatoms. The summed E-state index contributed by atoms with van der Waals surface area (Å²) in [5.41, 5.74) is 3.50. The van der Waals surface area contributed by atoms with Gasteiger partial charge in [-0.3, -0.25) is 4.90 Å². The minimum Gasteiger partial charge on any atom is -0.459 e. The van der Waals surface area contributed by atoms with Crippen molar-refractivity contribution in [3.63, 3.8) is 0 Å². The molecule has 124 valence electrons. The number of benzene rings is 1. The van der Waals surface area contributed by atoms with Crippen LogP contribution in [0, 0.1) is 25.2 Å². The Hall–Kier alpha value is -1.36. The highest BCUT2D eigenvalue weighted by Gasteiger charge is 2.47. The lowest BCUT2D eigenvalue weighted by atomic mass is 9.75. The zero-order valence-electron chi connectivity index (χ0n) is 14.0. The van der Waals surface area contributed by atoms with Gasteiger partial charge in [0.25, 0.3) is 0 Å². The fraction of sp³-hybridized carbons (Fsp3) is 0.579. The summed E-state index contributed by atoms with van der Waals surface area (Å²) in [6, 6.07) is 6.36. The van der Waals surface area contributed by atoms with E-state index in [0.717, 1.165) is 50.6 Å². The SMILES string of the molecule is Cc1ccc2oc(CN3C[C@@H]4COCC[C@]4(CO)C3)c(C)c2c1. The van der Waals surface area contributed by atoms with Crippen LogP contribution in [-0.4, -0.2) is 42.9 Å². The highest BCUT2D eigenvalue weighted by Crippen LogP contribution is 2.42. The summed E-state index contributed by atoms with van der Waals surface area (Å²) in [5, 5.41) is 11.1. The predicted octanol–water partition coefficient (Wildman–Crippen LogP) is 2.88. The molecule has 4 nitrogen and oxygen atoms in total. The van der Waals surface area contributed by atoms with E-state index in [0.29, 0.717) is 5.92 Å². The van der Waals surface area contributed by atoms with Crippen LogP contribution in [0.4, 0.5) is 0 Å². The summed E-state index contributed by atoms with van der Waals surface area (Å²) in [4.78, 5) is 2.42. The molecule has 2 aliphatic heterocycles. The number of hydrogen-bond donors (Lipinski definition) is 1. The maximum atomic E-state index is 9.93. The summed E-state index contributed by atoms with van der Waals surface area (Å²) in [6.45, 7) is 8.80. The summed E-state index contributed by atoms with van der Waals surface area (Å²) < 4.78 is 11.7. The number of aliphatic hydroxyl groups excluding tert-OH is 1. The molecule has 0 saturated carbocycles. The Morgan fingerprint density at radius 2 is 2.22 bits per heavy atom. The number of aliphatic hydroxyl groups is 1. The molecular formula is C19H25NO3. The van der Waals surface area contributed by atoms with Crippen molar-refractivity contribution < 1.29 is 14.3 Å². The zero-order chi connectivity index (χ0) is 16.0. The molecule has 4 rings (SSSR count). The van der Waals surface area contributed by atoms with Crippen molar-refractivity contribution in [2.45, 2.75) is 26.8 Å². The summed E-state index contributed by atoms with van der Waals surface area (Å²) in [7, 11) is 0. The second-order valence-electron chi connectivity index (χ2n) is 7.36. The quantitative estimate of drug-likeness (QED) is 0.946. The largest absolute Gasteiger partial charge is 0.459 e. The first-order valence-corrected chi connectivity index (χ1v) is 8.51. The lowest BCUT2D eigenvalue weighted by Gasteiger charge is -2.36. The molecule has 0 aliphatic carbocycles. The number of likely N-dealkylation sites (tertiary alicyclic amines) is 1. The molecule has 0 spiro atoms. The van der Waals surface area contributed by atoms with Gasteiger partial charge in [-0.1, -0.05) is 11.6 Å². The molecule has 0 bridgehead atoms. The van der Waals surface area contributed by atoms with Gasteiger partial charge in [-0.05, 0) is 38.0 Å². The molecule has 2 aromatic rings. The van der Waals surface area contributed by atoms with Gasteiger partial charge in [0.05, 0.1) is 19.8 Å². The van der Waals surface area contributed by atoms with Gasteiger partial charge >= 0.3 is 0 Å². The van der Waals surface area contributed by atoms with Crippen LogP contribution in [0.2, 0.25) is 0 Å². The molecule has 2 atom stereocenters. The van der Waals surface area contributed by atoms with E-state index in [2.05, 4.69) is 36.9 Å². The number of rotatable bonds is 3. The van der Waals surface area contributed by atoms with Crippen molar-refractivity contribution in [2.75, 3.05) is 32.9 Å². The average Bonchev–Trinajstić information content (AvgIpc) is 3.07. The Balaban J connectivity index is 1.58. The smallest absolute Gasteiger partial charge is 0.134 e. The second kappa shape index (κ2) is 5.62. The predicted molar refractivity (Wildman–Crippen MR) is 89.4 cm³/mol. The van der Waals surface area contributed by atoms with E-state index in [1.807, 2.05) is 0 Å². The Morgan fingerprint density at radius 3 is 3.00 bits per heavy atom. The van der Waals surface area contributed by atoms with E-state index in [1.54, 1.807) is 0 Å². The van der Waals surface area contributed by atoms with Crippen LogP contribution in [0.25, 0.3) is 11.0 Å². The molecular weight excluding hydrogens is 290 g/mol. The van der Waals surface area contributed by atoms with Crippen molar-refractivity contribution >= 4 is 11.0 Å². The third-order valence-corrected chi connectivity index (χ3v) is 5.82. The van der Waals surface area contributed by atoms with Crippen LogP contribution in [-0.2, 0) is 11.3 Å². The lowest BCUT2D eigenvalue weighted by Crippen LogP contribution is -2.41. The third-order valence-electron chi connectivity index (χ3n) is 5.82. The van der Waals surface area contributed by atoms with Crippen LogP contribution in [0.5, 0.6) is 0 Å². The number of ether oxygens (including phenoxy) is 1. The molecule has 2 saturated heterocycles. The number of furan rings is 1. The first kappa shape index (κ1) is 15.2. The van der Waals surface area contributed by atoms with E-state index in [1.165, 1.54) is 16.5 Å². The molecule has 1 N–H and O–H groups in total. The van der Waals surface area contributed by atoms with Gasteiger partial charge in [0.1, 0.15) is 11.3 Å². The van der Waals surface area contributed by atoms with Crippen molar-refractivity contribution in [2.24, 2.45) is 11.3 Å². The van der Waals surface area contributed by atoms with E-state index in [9.17, 15) is 5.11 Å². The van der Waals surface area contributed by atoms with E-state index >= 15 is 0 Å². The normalized spacial score (nSPS) is 28.4. The fourth-order valence-electron chi connectivity index (χ4n) is 4.28. The van der Waals surface area contributed by atoms with Crippen molar-refractivity contribution in [3.8, 4) is 0 Å². The van der Waals surface area contributed by atoms with E-state index < -0.39 is 0 Å². The van der Waals surface area contributed by atoms with Crippen molar-refractivity contribution in [1.29, 1.82) is 0 Å². The van der Waals surface area contributed by atoms with Gasteiger partial charge < -0.3 is 14.3 Å². The molecule has 2 aliphatic rings. The van der Waals surface area contributed by atoms with Gasteiger partial charge in [-0.25, -0.2) is 0 Å². The minimum absolute atomic E-state index is 0.0226. The Kier molecular flexibility index (Phi) is 3.71. The van der Waals surface area contributed by atoms with Crippen molar-refractivity contribution in [1.82, 2.24) is 4.90 Å². The van der Waals surface area contributed by atoms with Crippen molar-refractivity contribution in [3.05, 3.63) is 35.1 Å². The Bertz CT molecular complexity index is 723. The first-order chi connectivity index (χ1) is 11.1. The molecule has 2 fully saturated rings. The van der Waals surface area contributed by atoms with E-state index in [-0.39, 0.29) is 12.0 Å². The maximum Gasteiger partial charge on any atom is 0.134 e. The topological polar surface area (TPSA) is 45.8 Å². The number of aryl methyl sites for hydroxylation is 2. The van der Waals surface area contributed by atoms with Gasteiger partial charge in [0.2, 0.25) is 0 Å². The van der Waals surface area contributed by atoms with Crippen LogP contribution >= 0.6 is 0 Å². The lowest BCUT2D eigenvalue weighted by molar-refractivity contribution is -0.0417. The van der Waals surface area contributed by atoms with Gasteiger partial charge in [-0.15, -0.1) is 0 Å². The van der Waals surface area contributed by atoms with Gasteiger partial charge in [0.15, 0.2) is 0 Å². The van der Waals surface area contributed by atoms with Crippen LogP contribution in [0.15, 0.2) is 22.6 Å². The number of hydrogen-bond acceptors (Lipinski definition) is 4. The molecule has 0 radical (unpaired) electrons. The zero-order valence-corrected chi connectivity index (χ0v) is 14.0. The second-order valence-corrected chi connectivity index (χ2v) is 7.36. The summed E-state index contributed by atoms with van der Waals surface area (Å²) >= 11 is 0. The van der Waals surface area contributed by atoms with Crippen LogP contribution in [0.3, 0.4) is 0 Å². The fourth-order valence-corrected chi connectivity index (χ4v) is 4.28. The standard InChI is InChI=1S/C19H25NO3/c1-13-3-4-17-16(7-13)14(2)18(23-17)9-20-8-15-10-22-6-5-19(15,11-20)12-21/h3-4,7,15,21H,5-6,8-12H2,1-2H3/t15-,19-/m1/s1. The molecule has 1 aromatic heterocycles. The highest BCUT2D eigenvalue weighted by molar-refractivity contribution is 5.82. The summed E-state index contributed by atoms with van der Waals surface area (Å²) in [6.07, 6.45) is 0.961. The molecule has 3 heterocycles. The van der Waals surface area contributed by atoms with Crippen LogP contribution < -0.4 is 0 Å². The average molecular weight is 315 g/mol. The van der Waals surface area contributed by atoms with Gasteiger partial charge in [0, 0.05) is 36.4 Å². The first-order valence-electron chi connectivity index (χ1n) is 8.51. The third kappa shape index (κ3) is 2.49. The molecule has 0 amide bonds. The minimum atomic E-state index is 0.0226. The number of nitrogens with zero attached hydrogens (tertiary/aromatic N) is 1. The number of fused-ring (bicyclic) bond motifs is 2.